The molecule has 0 aliphatic carbocycles. The van der Waals surface area contributed by atoms with Crippen LogP contribution < -0.4 is 5.32 Å². The SMILES string of the molecule is CN(CCc1ccccn1)C(=O)c1csc(NC(=O)c2cccc(F)c2)n1. The van der Waals surface area contributed by atoms with E-state index < -0.39 is 11.7 Å². The van der Waals surface area contributed by atoms with Gasteiger partial charge in [0.05, 0.1) is 0 Å². The zero-order valence-corrected chi connectivity index (χ0v) is 15.4. The van der Waals surface area contributed by atoms with Crippen LogP contribution in [0.5, 0.6) is 0 Å². The maximum absolute atomic E-state index is 13.2. The maximum Gasteiger partial charge on any atom is 0.273 e. The average Bonchev–Trinajstić information content (AvgIpc) is 3.14. The number of pyridine rings is 1. The molecule has 0 bridgehead atoms. The molecule has 2 amide bonds. The van der Waals surface area contributed by atoms with Crippen LogP contribution in [0.3, 0.4) is 0 Å². The summed E-state index contributed by atoms with van der Waals surface area (Å²) in [6.07, 6.45) is 2.35. The van der Waals surface area contributed by atoms with Gasteiger partial charge in [-0.05, 0) is 30.3 Å². The second-order valence-electron chi connectivity index (χ2n) is 5.80. The third kappa shape index (κ3) is 4.95. The third-order valence-corrected chi connectivity index (χ3v) is 4.56. The van der Waals surface area contributed by atoms with Gasteiger partial charge in [0.15, 0.2) is 5.13 Å². The number of carbonyl (C=O) groups is 2. The average molecular weight is 384 g/mol. The van der Waals surface area contributed by atoms with Crippen molar-refractivity contribution in [3.63, 3.8) is 0 Å². The molecule has 3 rings (SSSR count). The van der Waals surface area contributed by atoms with Crippen LogP contribution in [0.4, 0.5) is 9.52 Å². The summed E-state index contributed by atoms with van der Waals surface area (Å²) in [5, 5.41) is 4.45. The van der Waals surface area contributed by atoms with E-state index in [1.54, 1.807) is 23.5 Å². The van der Waals surface area contributed by atoms with E-state index in [-0.39, 0.29) is 22.3 Å². The Balaban J connectivity index is 1.59. The lowest BCUT2D eigenvalue weighted by molar-refractivity contribution is 0.0791. The predicted octanol–water partition coefficient (Wildman–Crippen LogP) is 3.24. The minimum absolute atomic E-state index is 0.186. The summed E-state index contributed by atoms with van der Waals surface area (Å²) >= 11 is 1.14. The van der Waals surface area contributed by atoms with Crippen molar-refractivity contribution in [1.82, 2.24) is 14.9 Å². The van der Waals surface area contributed by atoms with Crippen molar-refractivity contribution in [1.29, 1.82) is 0 Å². The van der Waals surface area contributed by atoms with E-state index in [4.69, 9.17) is 0 Å². The van der Waals surface area contributed by atoms with Crippen molar-refractivity contribution in [2.45, 2.75) is 6.42 Å². The number of amides is 2. The number of hydrogen-bond donors (Lipinski definition) is 1. The van der Waals surface area contributed by atoms with E-state index in [0.29, 0.717) is 13.0 Å². The van der Waals surface area contributed by atoms with Gasteiger partial charge in [-0.3, -0.25) is 19.9 Å². The lowest BCUT2D eigenvalue weighted by Gasteiger charge is -2.15. The van der Waals surface area contributed by atoms with Gasteiger partial charge in [-0.1, -0.05) is 12.1 Å². The fourth-order valence-corrected chi connectivity index (χ4v) is 3.03. The van der Waals surface area contributed by atoms with Crippen LogP contribution in [0.2, 0.25) is 0 Å². The van der Waals surface area contributed by atoms with Gasteiger partial charge in [0.25, 0.3) is 11.8 Å². The van der Waals surface area contributed by atoms with Crippen LogP contribution in [0.25, 0.3) is 0 Å². The first-order valence-electron chi connectivity index (χ1n) is 8.21. The van der Waals surface area contributed by atoms with Gasteiger partial charge in [-0.2, -0.15) is 0 Å². The molecule has 27 heavy (non-hydrogen) atoms. The molecule has 2 heterocycles. The Morgan fingerprint density at radius 2 is 2.07 bits per heavy atom. The van der Waals surface area contributed by atoms with Gasteiger partial charge >= 0.3 is 0 Å². The van der Waals surface area contributed by atoms with Crippen molar-refractivity contribution in [2.75, 3.05) is 18.9 Å². The topological polar surface area (TPSA) is 75.2 Å². The summed E-state index contributed by atoms with van der Waals surface area (Å²) in [7, 11) is 1.69. The van der Waals surface area contributed by atoms with E-state index in [1.807, 2.05) is 18.2 Å². The highest BCUT2D eigenvalue weighted by Crippen LogP contribution is 2.18. The normalized spacial score (nSPS) is 10.4. The number of aromatic nitrogens is 2. The second kappa shape index (κ2) is 8.50. The van der Waals surface area contributed by atoms with Gasteiger partial charge in [0, 0.05) is 42.8 Å². The Morgan fingerprint density at radius 3 is 2.81 bits per heavy atom. The summed E-state index contributed by atoms with van der Waals surface area (Å²) in [6.45, 7) is 0.498. The van der Waals surface area contributed by atoms with Crippen molar-refractivity contribution >= 4 is 28.3 Å². The number of carbonyl (C=O) groups excluding carboxylic acids is 2. The third-order valence-electron chi connectivity index (χ3n) is 3.81. The lowest BCUT2D eigenvalue weighted by atomic mass is 10.2. The van der Waals surface area contributed by atoms with Crippen molar-refractivity contribution in [3.05, 3.63) is 76.8 Å². The van der Waals surface area contributed by atoms with Gasteiger partial charge in [-0.25, -0.2) is 9.37 Å². The first-order chi connectivity index (χ1) is 13.0. The van der Waals surface area contributed by atoms with Gasteiger partial charge < -0.3 is 4.90 Å². The molecule has 0 aliphatic rings. The van der Waals surface area contributed by atoms with Crippen LogP contribution in [0, 0.1) is 5.82 Å². The first kappa shape index (κ1) is 18.7. The highest BCUT2D eigenvalue weighted by Gasteiger charge is 2.17. The molecule has 1 N–H and O–H groups in total. The number of rotatable bonds is 6. The van der Waals surface area contributed by atoms with Crippen molar-refractivity contribution in [3.8, 4) is 0 Å². The summed E-state index contributed by atoms with van der Waals surface area (Å²) in [5.74, 6) is -1.22. The Labute approximate surface area is 159 Å². The number of hydrogen-bond acceptors (Lipinski definition) is 5. The monoisotopic (exact) mass is 384 g/mol. The molecule has 3 aromatic rings. The number of nitrogens with one attached hydrogen (secondary N) is 1. The zero-order valence-electron chi connectivity index (χ0n) is 14.6. The maximum atomic E-state index is 13.2. The van der Waals surface area contributed by atoms with E-state index >= 15 is 0 Å². The van der Waals surface area contributed by atoms with Gasteiger partial charge in [-0.15, -0.1) is 11.3 Å². The Hall–Kier alpha value is -3.13. The van der Waals surface area contributed by atoms with Crippen LogP contribution in [0.15, 0.2) is 54.0 Å². The number of nitrogens with zero attached hydrogens (tertiary/aromatic N) is 3. The highest BCUT2D eigenvalue weighted by molar-refractivity contribution is 7.14. The quantitative estimate of drug-likeness (QED) is 0.708. The lowest BCUT2D eigenvalue weighted by Crippen LogP contribution is -2.29. The Morgan fingerprint density at radius 1 is 1.22 bits per heavy atom. The van der Waals surface area contributed by atoms with E-state index in [0.717, 1.165) is 23.1 Å². The molecule has 0 saturated heterocycles. The summed E-state index contributed by atoms with van der Waals surface area (Å²) < 4.78 is 13.2. The molecular weight excluding hydrogens is 367 g/mol. The first-order valence-corrected chi connectivity index (χ1v) is 9.09. The van der Waals surface area contributed by atoms with E-state index in [9.17, 15) is 14.0 Å². The van der Waals surface area contributed by atoms with Crippen molar-refractivity contribution in [2.24, 2.45) is 0 Å². The second-order valence-corrected chi connectivity index (χ2v) is 6.66. The standard InChI is InChI=1S/C19H17FN4O2S/c1-24(10-8-15-7-2-3-9-21-15)18(26)16-12-27-19(22-16)23-17(25)13-5-4-6-14(20)11-13/h2-7,9,11-12H,8,10H2,1H3,(H,22,23,25). The number of likely N-dealkylation sites (N-methyl/N-ethyl adjacent to an activating group) is 1. The fraction of sp³-hybridized carbons (Fsp3) is 0.158. The largest absolute Gasteiger partial charge is 0.340 e. The predicted molar refractivity (Wildman–Crippen MR) is 101 cm³/mol. The molecule has 2 aromatic heterocycles. The number of halogens is 1. The summed E-state index contributed by atoms with van der Waals surface area (Å²) in [5.41, 5.74) is 1.34. The van der Waals surface area contributed by atoms with Gasteiger partial charge in [0.1, 0.15) is 11.5 Å². The molecule has 0 radical (unpaired) electrons. The molecular formula is C19H17FN4O2S. The van der Waals surface area contributed by atoms with Crippen LogP contribution in [-0.4, -0.2) is 40.3 Å². The van der Waals surface area contributed by atoms with Crippen LogP contribution >= 0.6 is 11.3 Å². The molecule has 0 saturated carbocycles. The zero-order chi connectivity index (χ0) is 19.2. The molecule has 0 fully saturated rings. The molecule has 0 spiro atoms. The van der Waals surface area contributed by atoms with E-state index in [1.165, 1.54) is 18.2 Å². The van der Waals surface area contributed by atoms with Crippen LogP contribution in [-0.2, 0) is 6.42 Å². The fourth-order valence-electron chi connectivity index (χ4n) is 2.35. The number of anilines is 1. The molecule has 1 aromatic carbocycles. The summed E-state index contributed by atoms with van der Waals surface area (Å²) in [4.78, 5) is 34.5. The molecule has 0 aliphatic heterocycles. The Kier molecular flexibility index (Phi) is 5.87. The molecule has 8 heteroatoms. The van der Waals surface area contributed by atoms with Gasteiger partial charge in [0.2, 0.25) is 0 Å². The number of benzene rings is 1. The Bertz CT molecular complexity index is 946. The molecule has 6 nitrogen and oxygen atoms in total. The minimum atomic E-state index is -0.493. The smallest absolute Gasteiger partial charge is 0.273 e. The highest BCUT2D eigenvalue weighted by atomic mass is 32.1. The van der Waals surface area contributed by atoms with Crippen LogP contribution in [0.1, 0.15) is 26.5 Å². The molecule has 138 valence electrons. The molecule has 0 atom stereocenters. The number of thiazole rings is 1. The minimum Gasteiger partial charge on any atom is -0.340 e. The van der Waals surface area contributed by atoms with E-state index in [2.05, 4.69) is 15.3 Å². The summed E-state index contributed by atoms with van der Waals surface area (Å²) in [6, 6.07) is 11.0. The van der Waals surface area contributed by atoms with Crippen molar-refractivity contribution < 1.29 is 14.0 Å². The molecule has 0 unspecified atom stereocenters.